The minimum atomic E-state index is -0.630. The highest BCUT2D eigenvalue weighted by molar-refractivity contribution is 5.49. The largest absolute Gasteiger partial charge is 0.367 e. The average Bonchev–Trinajstić information content (AvgIpc) is 2.28. The highest BCUT2D eigenvalue weighted by Crippen LogP contribution is 2.22. The molecule has 0 aromatic heterocycles. The molecule has 3 heteroatoms. The van der Waals surface area contributed by atoms with Crippen molar-refractivity contribution in [2.24, 2.45) is 0 Å². The molecule has 0 radical (unpaired) electrons. The summed E-state index contributed by atoms with van der Waals surface area (Å²) in [5.41, 5.74) is 0.898. The van der Waals surface area contributed by atoms with Crippen molar-refractivity contribution < 1.29 is 4.39 Å². The molecule has 0 bridgehead atoms. The molecule has 0 heterocycles. The van der Waals surface area contributed by atoms with Gasteiger partial charge in [0, 0.05) is 5.69 Å². The van der Waals surface area contributed by atoms with E-state index in [0.29, 0.717) is 5.69 Å². The van der Waals surface area contributed by atoms with Crippen LogP contribution in [0.15, 0.2) is 18.2 Å². The van der Waals surface area contributed by atoms with Crippen molar-refractivity contribution >= 4 is 5.69 Å². The maximum Gasteiger partial charge on any atom is 0.125 e. The number of halogens is 1. The van der Waals surface area contributed by atoms with Crippen LogP contribution in [0.5, 0.6) is 0 Å². The fourth-order valence-corrected chi connectivity index (χ4v) is 2.00. The summed E-state index contributed by atoms with van der Waals surface area (Å²) in [5.74, 6) is -0.272. The molecule has 1 unspecified atom stereocenters. The summed E-state index contributed by atoms with van der Waals surface area (Å²) in [4.78, 5) is 0. The van der Waals surface area contributed by atoms with Gasteiger partial charge in [-0.2, -0.15) is 5.26 Å². The van der Waals surface area contributed by atoms with Crippen LogP contribution in [0.1, 0.15) is 45.1 Å². The number of hydrogen-bond donors (Lipinski definition) is 1. The number of unbranched alkanes of at least 4 members (excludes halogenated alkanes) is 2. The maximum atomic E-state index is 13.3. The van der Waals surface area contributed by atoms with Gasteiger partial charge in [-0.05, 0) is 44.0 Å². The first-order valence-electron chi connectivity index (χ1n) is 6.46. The van der Waals surface area contributed by atoms with Gasteiger partial charge in [-0.25, -0.2) is 4.39 Å². The molecule has 0 aliphatic heterocycles. The van der Waals surface area contributed by atoms with E-state index in [4.69, 9.17) is 0 Å². The van der Waals surface area contributed by atoms with Gasteiger partial charge >= 0.3 is 0 Å². The summed E-state index contributed by atoms with van der Waals surface area (Å²) < 4.78 is 13.3. The highest BCUT2D eigenvalue weighted by Gasteiger charge is 2.22. The quantitative estimate of drug-likeness (QED) is 0.757. The lowest BCUT2D eigenvalue weighted by atomic mass is 9.95. The molecule has 0 amide bonds. The molecule has 0 fully saturated rings. The van der Waals surface area contributed by atoms with Crippen molar-refractivity contribution in [3.05, 3.63) is 29.6 Å². The average molecular weight is 248 g/mol. The standard InChI is InChI=1S/C15H21FN2/c1-4-5-6-7-15(3,11-17)18-14-9-12(2)8-13(16)10-14/h8-10,18H,4-7H2,1-3H3. The summed E-state index contributed by atoms with van der Waals surface area (Å²) in [6.45, 7) is 5.84. The Morgan fingerprint density at radius 2 is 2.06 bits per heavy atom. The van der Waals surface area contributed by atoms with Gasteiger partial charge in [-0.1, -0.05) is 26.2 Å². The Kier molecular flexibility index (Phi) is 5.15. The molecule has 98 valence electrons. The summed E-state index contributed by atoms with van der Waals surface area (Å²) >= 11 is 0. The Bertz CT molecular complexity index is 416. The van der Waals surface area contributed by atoms with Gasteiger partial charge in [0.05, 0.1) is 6.07 Å². The van der Waals surface area contributed by atoms with E-state index in [9.17, 15) is 9.65 Å². The number of hydrogen-bond acceptors (Lipinski definition) is 2. The maximum absolute atomic E-state index is 13.3. The lowest BCUT2D eigenvalue weighted by molar-refractivity contribution is 0.537. The van der Waals surface area contributed by atoms with Crippen LogP contribution < -0.4 is 5.32 Å². The Hall–Kier alpha value is -1.56. The zero-order valence-corrected chi connectivity index (χ0v) is 11.4. The van der Waals surface area contributed by atoms with Crippen molar-refractivity contribution in [2.75, 3.05) is 5.32 Å². The van der Waals surface area contributed by atoms with Crippen LogP contribution >= 0.6 is 0 Å². The summed E-state index contributed by atoms with van der Waals surface area (Å²) in [7, 11) is 0. The van der Waals surface area contributed by atoms with Gasteiger partial charge in [0.2, 0.25) is 0 Å². The first-order chi connectivity index (χ1) is 8.49. The third kappa shape index (κ3) is 4.37. The second kappa shape index (κ2) is 6.39. The van der Waals surface area contributed by atoms with Crippen LogP contribution in [0.4, 0.5) is 10.1 Å². The Labute approximate surface area is 109 Å². The van der Waals surface area contributed by atoms with Crippen LogP contribution in [0.25, 0.3) is 0 Å². The van der Waals surface area contributed by atoms with E-state index >= 15 is 0 Å². The van der Waals surface area contributed by atoms with Crippen molar-refractivity contribution in [1.82, 2.24) is 0 Å². The van der Waals surface area contributed by atoms with E-state index in [-0.39, 0.29) is 5.82 Å². The number of nitrogens with zero attached hydrogens (tertiary/aromatic N) is 1. The minimum Gasteiger partial charge on any atom is -0.367 e. The monoisotopic (exact) mass is 248 g/mol. The summed E-state index contributed by atoms with van der Waals surface area (Å²) in [5, 5.41) is 12.4. The van der Waals surface area contributed by atoms with Gasteiger partial charge in [-0.3, -0.25) is 0 Å². The van der Waals surface area contributed by atoms with E-state index < -0.39 is 5.54 Å². The van der Waals surface area contributed by atoms with E-state index in [2.05, 4.69) is 18.3 Å². The first kappa shape index (κ1) is 14.5. The van der Waals surface area contributed by atoms with Crippen LogP contribution in [0.2, 0.25) is 0 Å². The molecular weight excluding hydrogens is 227 g/mol. The van der Waals surface area contributed by atoms with Crippen molar-refractivity contribution in [1.29, 1.82) is 5.26 Å². The van der Waals surface area contributed by atoms with Gasteiger partial charge in [-0.15, -0.1) is 0 Å². The molecule has 1 N–H and O–H groups in total. The molecule has 0 aliphatic carbocycles. The van der Waals surface area contributed by atoms with Crippen molar-refractivity contribution in [3.63, 3.8) is 0 Å². The second-order valence-electron chi connectivity index (χ2n) is 5.04. The summed E-state index contributed by atoms with van der Waals surface area (Å²) in [6, 6.07) is 7.06. The smallest absolute Gasteiger partial charge is 0.125 e. The van der Waals surface area contributed by atoms with E-state index in [1.807, 2.05) is 19.9 Å². The zero-order valence-electron chi connectivity index (χ0n) is 11.4. The molecule has 1 rings (SSSR count). The van der Waals surface area contributed by atoms with Gasteiger partial charge < -0.3 is 5.32 Å². The first-order valence-corrected chi connectivity index (χ1v) is 6.46. The summed E-state index contributed by atoms with van der Waals surface area (Å²) in [6.07, 6.45) is 4.01. The van der Waals surface area contributed by atoms with Crippen molar-refractivity contribution in [3.8, 4) is 6.07 Å². The Morgan fingerprint density at radius 3 is 2.61 bits per heavy atom. The highest BCUT2D eigenvalue weighted by atomic mass is 19.1. The number of aryl methyl sites for hydroxylation is 1. The third-order valence-corrected chi connectivity index (χ3v) is 2.99. The topological polar surface area (TPSA) is 35.8 Å². The second-order valence-corrected chi connectivity index (χ2v) is 5.04. The van der Waals surface area contributed by atoms with Crippen LogP contribution in [0, 0.1) is 24.1 Å². The molecule has 18 heavy (non-hydrogen) atoms. The molecule has 0 spiro atoms. The SMILES string of the molecule is CCCCCC(C)(C#N)Nc1cc(C)cc(F)c1. The molecule has 1 aromatic carbocycles. The van der Waals surface area contributed by atoms with Crippen LogP contribution in [-0.2, 0) is 0 Å². The fraction of sp³-hybridized carbons (Fsp3) is 0.533. The molecule has 0 aliphatic rings. The number of nitriles is 1. The lowest BCUT2D eigenvalue weighted by Gasteiger charge is -2.24. The van der Waals surface area contributed by atoms with Crippen molar-refractivity contribution in [2.45, 2.75) is 52.0 Å². The number of nitrogens with one attached hydrogen (secondary N) is 1. The van der Waals surface area contributed by atoms with E-state index in [1.54, 1.807) is 0 Å². The molecule has 0 saturated heterocycles. The lowest BCUT2D eigenvalue weighted by Crippen LogP contribution is -2.32. The third-order valence-electron chi connectivity index (χ3n) is 2.99. The Morgan fingerprint density at radius 1 is 1.33 bits per heavy atom. The fourth-order valence-electron chi connectivity index (χ4n) is 2.00. The normalized spacial score (nSPS) is 13.7. The van der Waals surface area contributed by atoms with E-state index in [1.165, 1.54) is 12.1 Å². The van der Waals surface area contributed by atoms with Gasteiger partial charge in [0.25, 0.3) is 0 Å². The molecule has 1 aromatic rings. The number of rotatable bonds is 6. The zero-order chi connectivity index (χ0) is 13.6. The van der Waals surface area contributed by atoms with E-state index in [0.717, 1.165) is 31.2 Å². The van der Waals surface area contributed by atoms with Gasteiger partial charge in [0.1, 0.15) is 11.4 Å². The Balaban J connectivity index is 2.75. The van der Waals surface area contributed by atoms with Crippen LogP contribution in [-0.4, -0.2) is 5.54 Å². The number of anilines is 1. The predicted molar refractivity (Wildman–Crippen MR) is 72.9 cm³/mol. The van der Waals surface area contributed by atoms with Crippen LogP contribution in [0.3, 0.4) is 0 Å². The molecule has 0 saturated carbocycles. The predicted octanol–water partition coefficient (Wildman–Crippen LogP) is 4.41. The minimum absolute atomic E-state index is 0.272. The number of benzene rings is 1. The van der Waals surface area contributed by atoms with Gasteiger partial charge in [0.15, 0.2) is 0 Å². The molecule has 2 nitrogen and oxygen atoms in total. The molecule has 1 atom stereocenters. The molecular formula is C15H21FN2.